The zero-order valence-corrected chi connectivity index (χ0v) is 15.7. The largest absolute Gasteiger partial charge is 0.482 e. The Bertz CT molecular complexity index is 828. The molecule has 1 aliphatic rings. The number of ether oxygens (including phenoxy) is 1. The molecule has 0 unspecified atom stereocenters. The topological polar surface area (TPSA) is 103 Å². The van der Waals surface area contributed by atoms with E-state index in [2.05, 4.69) is 4.98 Å². The number of carbonyl (C=O) groups excluding carboxylic acids is 1. The van der Waals surface area contributed by atoms with Gasteiger partial charge in [-0.2, -0.15) is 0 Å². The minimum atomic E-state index is -1.03. The molecule has 1 amide bonds. The van der Waals surface area contributed by atoms with Crippen molar-refractivity contribution in [2.75, 3.05) is 19.7 Å². The highest BCUT2D eigenvalue weighted by atomic mass is 16.5. The number of hydrogen-bond donors (Lipinski definition) is 3. The van der Waals surface area contributed by atoms with Gasteiger partial charge in [-0.3, -0.25) is 4.79 Å². The second-order valence-electron chi connectivity index (χ2n) is 7.87. The summed E-state index contributed by atoms with van der Waals surface area (Å²) >= 11 is 0. The second kappa shape index (κ2) is 7.60. The molecule has 0 bridgehead atoms. The first kappa shape index (κ1) is 19.2. The van der Waals surface area contributed by atoms with Crippen LogP contribution < -0.4 is 4.74 Å². The molecule has 2 heterocycles. The van der Waals surface area contributed by atoms with Gasteiger partial charge in [-0.15, -0.1) is 0 Å². The molecule has 2 aromatic rings. The van der Waals surface area contributed by atoms with Gasteiger partial charge in [-0.1, -0.05) is 0 Å². The van der Waals surface area contributed by atoms with Gasteiger partial charge in [-0.05, 0) is 63.3 Å². The summed E-state index contributed by atoms with van der Waals surface area (Å²) in [5, 5.41) is 19.5. The van der Waals surface area contributed by atoms with E-state index in [1.807, 2.05) is 18.7 Å². The summed E-state index contributed by atoms with van der Waals surface area (Å²) < 4.78 is 5.18. The van der Waals surface area contributed by atoms with Crippen LogP contribution in [0, 0.1) is 5.92 Å². The summed E-state index contributed by atoms with van der Waals surface area (Å²) in [5.41, 5.74) is 0.647. The highest BCUT2D eigenvalue weighted by Gasteiger charge is 2.28. The normalized spacial score (nSPS) is 15.9. The summed E-state index contributed by atoms with van der Waals surface area (Å²) in [6.45, 7) is 4.61. The number of carboxylic acid groups (broad SMARTS) is 1. The molecule has 1 aromatic heterocycles. The van der Waals surface area contributed by atoms with Crippen molar-refractivity contribution in [1.82, 2.24) is 9.88 Å². The number of carboxylic acids is 1. The average molecular weight is 374 g/mol. The monoisotopic (exact) mass is 374 g/mol. The lowest BCUT2D eigenvalue weighted by Crippen LogP contribution is -2.40. The number of nitrogens with zero attached hydrogens (tertiary/aromatic N) is 1. The van der Waals surface area contributed by atoms with Crippen molar-refractivity contribution in [3.63, 3.8) is 0 Å². The molecule has 1 fully saturated rings. The van der Waals surface area contributed by atoms with Gasteiger partial charge in [0.25, 0.3) is 5.91 Å². The molecular weight excluding hydrogens is 348 g/mol. The molecular formula is C20H26N2O5. The molecule has 0 saturated carbocycles. The number of aromatic nitrogens is 1. The SMILES string of the molecule is CC(C)(O)CC1CCN(C(=O)c2cc3cc(OCC(=O)O)ccc3[nH]2)CC1. The maximum absolute atomic E-state index is 12.8. The number of H-pyrrole nitrogens is 1. The number of fused-ring (bicyclic) bond motifs is 1. The molecule has 7 heteroatoms. The standard InChI is InChI=1S/C20H26N2O5/c1-20(2,26)11-13-5-7-22(8-6-13)19(25)17-10-14-9-15(27-12-18(23)24)3-4-16(14)21-17/h3-4,9-10,13,21,26H,5-8,11-12H2,1-2H3,(H,23,24). The van der Waals surface area contributed by atoms with Gasteiger partial charge in [0, 0.05) is 24.0 Å². The maximum Gasteiger partial charge on any atom is 0.341 e. The van der Waals surface area contributed by atoms with Crippen LogP contribution >= 0.6 is 0 Å². The number of piperidine rings is 1. The Morgan fingerprint density at radius 3 is 2.59 bits per heavy atom. The number of hydrogen-bond acceptors (Lipinski definition) is 4. The predicted octanol–water partition coefficient (Wildman–Crippen LogP) is 2.64. The Balaban J connectivity index is 1.65. The number of rotatable bonds is 6. The van der Waals surface area contributed by atoms with Crippen molar-refractivity contribution >= 4 is 22.8 Å². The lowest BCUT2D eigenvalue weighted by Gasteiger charge is -2.34. The van der Waals surface area contributed by atoms with Crippen molar-refractivity contribution in [2.45, 2.75) is 38.7 Å². The Labute approximate surface area is 157 Å². The van der Waals surface area contributed by atoms with E-state index in [-0.39, 0.29) is 5.91 Å². The highest BCUT2D eigenvalue weighted by molar-refractivity contribution is 5.98. The van der Waals surface area contributed by atoms with E-state index in [1.165, 1.54) is 0 Å². The van der Waals surface area contributed by atoms with E-state index in [9.17, 15) is 14.7 Å². The van der Waals surface area contributed by atoms with Crippen molar-refractivity contribution in [3.8, 4) is 5.75 Å². The second-order valence-corrected chi connectivity index (χ2v) is 7.87. The fourth-order valence-electron chi connectivity index (χ4n) is 3.68. The van der Waals surface area contributed by atoms with Crippen molar-refractivity contribution in [2.24, 2.45) is 5.92 Å². The lowest BCUT2D eigenvalue weighted by atomic mass is 9.86. The summed E-state index contributed by atoms with van der Waals surface area (Å²) in [4.78, 5) is 28.4. The first-order chi connectivity index (χ1) is 12.7. The van der Waals surface area contributed by atoms with Crippen molar-refractivity contribution in [1.29, 1.82) is 0 Å². The molecule has 1 aromatic carbocycles. The molecule has 0 atom stereocenters. The summed E-state index contributed by atoms with van der Waals surface area (Å²) in [6, 6.07) is 6.95. The van der Waals surface area contributed by atoms with E-state index in [0.717, 1.165) is 30.2 Å². The fourth-order valence-corrected chi connectivity index (χ4v) is 3.68. The van der Waals surface area contributed by atoms with E-state index in [1.54, 1.807) is 24.3 Å². The zero-order chi connectivity index (χ0) is 19.6. The van der Waals surface area contributed by atoms with Gasteiger partial charge in [-0.25, -0.2) is 4.79 Å². The van der Waals surface area contributed by atoms with E-state index >= 15 is 0 Å². The van der Waals surface area contributed by atoms with Crippen LogP contribution in [0.3, 0.4) is 0 Å². The van der Waals surface area contributed by atoms with Gasteiger partial charge in [0.15, 0.2) is 6.61 Å². The maximum atomic E-state index is 12.8. The van der Waals surface area contributed by atoms with Crippen molar-refractivity contribution in [3.05, 3.63) is 30.0 Å². The Kier molecular flexibility index (Phi) is 5.41. The predicted molar refractivity (Wildman–Crippen MR) is 101 cm³/mol. The van der Waals surface area contributed by atoms with Crippen LogP contribution in [0.25, 0.3) is 10.9 Å². The van der Waals surface area contributed by atoms with Crippen LogP contribution in [0.1, 0.15) is 43.6 Å². The third-order valence-electron chi connectivity index (χ3n) is 4.87. The van der Waals surface area contributed by atoms with Gasteiger partial charge >= 0.3 is 5.97 Å². The first-order valence-electron chi connectivity index (χ1n) is 9.20. The number of aromatic amines is 1. The van der Waals surface area contributed by atoms with Crippen LogP contribution in [-0.2, 0) is 4.79 Å². The van der Waals surface area contributed by atoms with Crippen molar-refractivity contribution < 1.29 is 24.5 Å². The molecule has 3 rings (SSSR count). The van der Waals surface area contributed by atoms with E-state index in [0.29, 0.717) is 30.5 Å². The number of nitrogens with one attached hydrogen (secondary N) is 1. The number of aliphatic hydroxyl groups is 1. The van der Waals surface area contributed by atoms with Crippen LogP contribution in [0.15, 0.2) is 24.3 Å². The quantitative estimate of drug-likeness (QED) is 0.721. The van der Waals surface area contributed by atoms with Gasteiger partial charge < -0.3 is 24.8 Å². The summed E-state index contributed by atoms with van der Waals surface area (Å²) in [7, 11) is 0. The number of benzene rings is 1. The molecule has 0 radical (unpaired) electrons. The van der Waals surface area contributed by atoms with Crippen LogP contribution in [0.5, 0.6) is 5.75 Å². The number of carbonyl (C=O) groups is 2. The van der Waals surface area contributed by atoms with E-state index in [4.69, 9.17) is 9.84 Å². The molecule has 0 spiro atoms. The Morgan fingerprint density at radius 1 is 1.26 bits per heavy atom. The number of likely N-dealkylation sites (tertiary alicyclic amines) is 1. The minimum Gasteiger partial charge on any atom is -0.482 e. The highest BCUT2D eigenvalue weighted by Crippen LogP contribution is 2.28. The van der Waals surface area contributed by atoms with Crippen LogP contribution in [0.4, 0.5) is 0 Å². The van der Waals surface area contributed by atoms with Gasteiger partial charge in [0.1, 0.15) is 11.4 Å². The molecule has 1 aliphatic heterocycles. The van der Waals surface area contributed by atoms with Gasteiger partial charge in [0.2, 0.25) is 0 Å². The molecule has 146 valence electrons. The first-order valence-corrected chi connectivity index (χ1v) is 9.20. The smallest absolute Gasteiger partial charge is 0.341 e. The number of amides is 1. The van der Waals surface area contributed by atoms with Crippen LogP contribution in [0.2, 0.25) is 0 Å². The minimum absolute atomic E-state index is 0.0408. The Hall–Kier alpha value is -2.54. The summed E-state index contributed by atoms with van der Waals surface area (Å²) in [5.74, 6) is -0.185. The average Bonchev–Trinajstić information content (AvgIpc) is 3.02. The van der Waals surface area contributed by atoms with Gasteiger partial charge in [0.05, 0.1) is 5.60 Å². The fraction of sp³-hybridized carbons (Fsp3) is 0.500. The van der Waals surface area contributed by atoms with Crippen LogP contribution in [-0.4, -0.2) is 57.3 Å². The summed E-state index contributed by atoms with van der Waals surface area (Å²) in [6.07, 6.45) is 2.53. The molecule has 0 aliphatic carbocycles. The molecule has 27 heavy (non-hydrogen) atoms. The molecule has 1 saturated heterocycles. The molecule has 3 N–H and O–H groups in total. The zero-order valence-electron chi connectivity index (χ0n) is 15.7. The molecule has 7 nitrogen and oxygen atoms in total. The number of aliphatic carboxylic acids is 1. The van der Waals surface area contributed by atoms with E-state index < -0.39 is 18.2 Å². The lowest BCUT2D eigenvalue weighted by molar-refractivity contribution is -0.139. The third kappa shape index (κ3) is 5.01. The Morgan fingerprint density at radius 2 is 1.96 bits per heavy atom. The third-order valence-corrected chi connectivity index (χ3v) is 4.87.